The van der Waals surface area contributed by atoms with Crippen molar-refractivity contribution in [3.63, 3.8) is 0 Å². The summed E-state index contributed by atoms with van der Waals surface area (Å²) in [4.78, 5) is 0. The zero-order valence-electron chi connectivity index (χ0n) is 22.9. The minimum atomic E-state index is -0.727. The van der Waals surface area contributed by atoms with E-state index in [9.17, 15) is 17.6 Å². The smallest absolute Gasteiger partial charge is 0.162 e. The van der Waals surface area contributed by atoms with Crippen molar-refractivity contribution in [2.45, 2.75) is 88.9 Å². The molecule has 212 valence electrons. The Morgan fingerprint density at radius 3 is 1.46 bits per heavy atom. The zero-order chi connectivity index (χ0) is 27.5. The van der Waals surface area contributed by atoms with Gasteiger partial charge in [-0.2, -0.15) is 0 Å². The first kappa shape index (κ1) is 28.4. The third-order valence-corrected chi connectivity index (χ3v) is 10.4. The molecule has 0 atom stereocenters. The molecule has 0 bridgehead atoms. The van der Waals surface area contributed by atoms with Crippen molar-refractivity contribution >= 4 is 0 Å². The fraction of sp³-hybridized carbons (Fsp3) is 0.588. The van der Waals surface area contributed by atoms with E-state index in [2.05, 4.69) is 6.58 Å². The van der Waals surface area contributed by atoms with E-state index in [1.807, 2.05) is 0 Å². The van der Waals surface area contributed by atoms with Crippen LogP contribution in [0, 0.1) is 52.9 Å². The summed E-state index contributed by atoms with van der Waals surface area (Å²) in [5, 5.41) is 9.07. The van der Waals surface area contributed by atoms with E-state index in [0.29, 0.717) is 23.7 Å². The van der Waals surface area contributed by atoms with Crippen molar-refractivity contribution in [1.29, 1.82) is 0 Å². The van der Waals surface area contributed by atoms with E-state index in [4.69, 9.17) is 5.11 Å². The van der Waals surface area contributed by atoms with Gasteiger partial charge in [-0.15, -0.1) is 0 Å². The van der Waals surface area contributed by atoms with Gasteiger partial charge in [-0.25, -0.2) is 17.6 Å². The van der Waals surface area contributed by atoms with Crippen LogP contribution in [0.25, 0.3) is 0 Å². The van der Waals surface area contributed by atoms with Crippen molar-refractivity contribution in [2.24, 2.45) is 29.6 Å². The molecule has 0 unspecified atom stereocenters. The first-order valence-electron chi connectivity index (χ1n) is 15.0. The van der Waals surface area contributed by atoms with Gasteiger partial charge in [0.2, 0.25) is 0 Å². The lowest BCUT2D eigenvalue weighted by Crippen LogP contribution is -2.34. The standard InChI is InChI=1S/C17H22F2O.C17H20F2/c18-16-3-1-2-15(17(16)19)13-6-4-12(5-7-13)14-8-11(9-14)10-20;1-11-9-14(10-11)12-5-7-13(8-6-12)15-3-2-4-16(18)17(15)19/h1-3,11-14,20H,4-10H2;2-4,12-14H,1,5-10H2. The van der Waals surface area contributed by atoms with Crippen LogP contribution in [0.1, 0.15) is 100 Å². The molecule has 0 spiro atoms. The normalized spacial score (nSPS) is 31.1. The second kappa shape index (κ2) is 12.6. The first-order valence-corrected chi connectivity index (χ1v) is 15.0. The summed E-state index contributed by atoms with van der Waals surface area (Å²) < 4.78 is 54.1. The molecule has 6 rings (SSSR count). The molecule has 1 nitrogen and oxygen atoms in total. The lowest BCUT2D eigenvalue weighted by Gasteiger charge is -2.42. The third-order valence-electron chi connectivity index (χ3n) is 10.4. The van der Waals surface area contributed by atoms with Gasteiger partial charge in [0.25, 0.3) is 0 Å². The molecule has 0 aromatic heterocycles. The number of aliphatic hydroxyl groups is 1. The molecule has 2 aromatic rings. The quantitative estimate of drug-likeness (QED) is 0.295. The van der Waals surface area contributed by atoms with E-state index in [0.717, 1.165) is 87.9 Å². The summed E-state index contributed by atoms with van der Waals surface area (Å²) in [6.45, 7) is 4.32. The summed E-state index contributed by atoms with van der Waals surface area (Å²) in [6.07, 6.45) is 13.1. The van der Waals surface area contributed by atoms with Gasteiger partial charge < -0.3 is 5.11 Å². The van der Waals surface area contributed by atoms with Crippen LogP contribution in [-0.2, 0) is 0 Å². The topological polar surface area (TPSA) is 20.2 Å². The lowest BCUT2D eigenvalue weighted by molar-refractivity contribution is 0.0527. The van der Waals surface area contributed by atoms with Crippen LogP contribution in [-0.4, -0.2) is 11.7 Å². The molecular formula is C34H42F4O. The Labute approximate surface area is 230 Å². The third kappa shape index (κ3) is 6.45. The van der Waals surface area contributed by atoms with Gasteiger partial charge in [-0.05, 0) is 142 Å². The monoisotopic (exact) mass is 542 g/mol. The van der Waals surface area contributed by atoms with Crippen LogP contribution in [0.15, 0.2) is 48.6 Å². The molecule has 1 N–H and O–H groups in total. The minimum absolute atomic E-state index is 0.177. The Hall–Kier alpha value is -2.14. The van der Waals surface area contributed by atoms with Crippen molar-refractivity contribution in [1.82, 2.24) is 0 Å². The SMILES string of the molecule is C=C1CC(C2CCC(c3cccc(F)c3F)CC2)C1.OCC1CC(C2CCC(c3cccc(F)c3F)CC2)C1. The van der Waals surface area contributed by atoms with Gasteiger partial charge in [0.05, 0.1) is 0 Å². The molecule has 0 saturated heterocycles. The van der Waals surface area contributed by atoms with Gasteiger partial charge >= 0.3 is 0 Å². The maximum Gasteiger partial charge on any atom is 0.162 e. The van der Waals surface area contributed by atoms with E-state index in [-0.39, 0.29) is 11.8 Å². The zero-order valence-corrected chi connectivity index (χ0v) is 22.9. The number of benzene rings is 2. The lowest BCUT2D eigenvalue weighted by atomic mass is 9.63. The predicted octanol–water partition coefficient (Wildman–Crippen LogP) is 9.46. The molecule has 39 heavy (non-hydrogen) atoms. The fourth-order valence-electron chi connectivity index (χ4n) is 7.81. The maximum absolute atomic E-state index is 13.8. The van der Waals surface area contributed by atoms with Crippen LogP contribution in [0.4, 0.5) is 17.6 Å². The van der Waals surface area contributed by atoms with Crippen molar-refractivity contribution in [3.05, 3.63) is 82.9 Å². The molecule has 2 aromatic carbocycles. The van der Waals surface area contributed by atoms with Gasteiger partial charge in [0.15, 0.2) is 23.3 Å². The average molecular weight is 543 g/mol. The summed E-state index contributed by atoms with van der Waals surface area (Å²) in [5.41, 5.74) is 2.52. The highest BCUT2D eigenvalue weighted by molar-refractivity contribution is 5.24. The van der Waals surface area contributed by atoms with Gasteiger partial charge in [0, 0.05) is 6.61 Å². The Bertz CT molecular complexity index is 1120. The van der Waals surface area contributed by atoms with E-state index >= 15 is 0 Å². The van der Waals surface area contributed by atoms with Crippen molar-refractivity contribution < 1.29 is 22.7 Å². The fourth-order valence-corrected chi connectivity index (χ4v) is 7.81. The van der Waals surface area contributed by atoms with E-state index in [1.54, 1.807) is 24.3 Å². The summed E-state index contributed by atoms with van der Waals surface area (Å²) in [5.74, 6) is 1.23. The second-order valence-corrected chi connectivity index (χ2v) is 12.7. The minimum Gasteiger partial charge on any atom is -0.396 e. The van der Waals surface area contributed by atoms with E-state index < -0.39 is 23.3 Å². The molecule has 0 radical (unpaired) electrons. The van der Waals surface area contributed by atoms with E-state index in [1.165, 1.54) is 30.5 Å². The van der Waals surface area contributed by atoms with Crippen LogP contribution < -0.4 is 0 Å². The predicted molar refractivity (Wildman–Crippen MR) is 147 cm³/mol. The average Bonchev–Trinajstić information content (AvgIpc) is 2.91. The largest absolute Gasteiger partial charge is 0.396 e. The second-order valence-electron chi connectivity index (χ2n) is 12.7. The number of rotatable bonds is 5. The van der Waals surface area contributed by atoms with Crippen LogP contribution in [0.2, 0.25) is 0 Å². The molecule has 0 heterocycles. The Morgan fingerprint density at radius 1 is 0.615 bits per heavy atom. The Kier molecular flexibility index (Phi) is 9.16. The Morgan fingerprint density at radius 2 is 1.05 bits per heavy atom. The number of hydrogen-bond donors (Lipinski definition) is 1. The van der Waals surface area contributed by atoms with Gasteiger partial charge in [-0.3, -0.25) is 0 Å². The number of aliphatic hydroxyl groups excluding tert-OH is 1. The van der Waals surface area contributed by atoms with Crippen molar-refractivity contribution in [2.75, 3.05) is 6.61 Å². The molecular weight excluding hydrogens is 500 g/mol. The van der Waals surface area contributed by atoms with Crippen LogP contribution >= 0.6 is 0 Å². The molecule has 0 amide bonds. The molecule has 0 aliphatic heterocycles. The van der Waals surface area contributed by atoms with Crippen molar-refractivity contribution in [3.8, 4) is 0 Å². The molecule has 4 saturated carbocycles. The summed E-state index contributed by atoms with van der Waals surface area (Å²) in [7, 11) is 0. The molecule has 4 fully saturated rings. The highest BCUT2D eigenvalue weighted by Crippen LogP contribution is 2.48. The number of hydrogen-bond acceptors (Lipinski definition) is 1. The summed E-state index contributed by atoms with van der Waals surface area (Å²) in [6, 6.07) is 9.09. The molecule has 5 heteroatoms. The maximum atomic E-state index is 13.8. The first-order chi connectivity index (χ1) is 18.8. The number of allylic oxidation sites excluding steroid dienone is 1. The van der Waals surface area contributed by atoms with Gasteiger partial charge in [0.1, 0.15) is 0 Å². The Balaban J connectivity index is 0.000000158. The van der Waals surface area contributed by atoms with Crippen LogP contribution in [0.3, 0.4) is 0 Å². The highest BCUT2D eigenvalue weighted by Gasteiger charge is 2.37. The van der Waals surface area contributed by atoms with Gasteiger partial charge in [-0.1, -0.05) is 36.4 Å². The highest BCUT2D eigenvalue weighted by atomic mass is 19.2. The molecule has 4 aliphatic rings. The number of halogens is 4. The van der Waals surface area contributed by atoms with Crippen LogP contribution in [0.5, 0.6) is 0 Å². The molecule has 4 aliphatic carbocycles. The summed E-state index contributed by atoms with van der Waals surface area (Å²) >= 11 is 0.